The zero-order valence-electron chi connectivity index (χ0n) is 13.0. The van der Waals surface area contributed by atoms with Gasteiger partial charge in [-0.15, -0.1) is 0 Å². The molecule has 1 aromatic rings. The zero-order valence-corrected chi connectivity index (χ0v) is 13.8. The quantitative estimate of drug-likeness (QED) is 0.903. The van der Waals surface area contributed by atoms with Gasteiger partial charge in [0, 0.05) is 45.9 Å². The number of nitrogens with zero attached hydrogens (tertiary/aromatic N) is 2. The normalized spacial score (nSPS) is 24.0. The number of rotatable bonds is 5. The summed E-state index contributed by atoms with van der Waals surface area (Å²) in [4.78, 5) is 4.99. The molecule has 2 aliphatic heterocycles. The molecule has 0 amide bonds. The van der Waals surface area contributed by atoms with Crippen LogP contribution < -0.4 is 0 Å². The minimum Gasteiger partial charge on any atom is -0.506 e. The molecule has 0 aromatic heterocycles. The number of hydrogen-bond donors (Lipinski definition) is 1. The average Bonchev–Trinajstić information content (AvgIpc) is 3.04. The van der Waals surface area contributed by atoms with E-state index in [1.165, 1.54) is 19.3 Å². The minimum atomic E-state index is 0.157. The van der Waals surface area contributed by atoms with Crippen LogP contribution in [0, 0.1) is 0 Å². The third-order valence-corrected chi connectivity index (χ3v) is 4.98. The Morgan fingerprint density at radius 3 is 2.64 bits per heavy atom. The molecule has 3 rings (SSSR count). The second-order valence-corrected chi connectivity index (χ2v) is 6.73. The lowest BCUT2D eigenvalue weighted by Gasteiger charge is -2.35. The van der Waals surface area contributed by atoms with Crippen molar-refractivity contribution in [3.05, 3.63) is 28.8 Å². The summed E-state index contributed by atoms with van der Waals surface area (Å²) in [7, 11) is 0. The molecule has 0 radical (unpaired) electrons. The molecule has 1 N–H and O–H groups in total. The molecule has 5 heteroatoms. The van der Waals surface area contributed by atoms with Gasteiger partial charge in [0.2, 0.25) is 0 Å². The van der Waals surface area contributed by atoms with Crippen molar-refractivity contribution in [1.29, 1.82) is 0 Å². The Morgan fingerprint density at radius 1 is 1.18 bits per heavy atom. The third-order valence-electron chi connectivity index (χ3n) is 4.67. The van der Waals surface area contributed by atoms with Crippen LogP contribution in [0.1, 0.15) is 24.8 Å². The van der Waals surface area contributed by atoms with Gasteiger partial charge in [0.1, 0.15) is 5.75 Å². The fraction of sp³-hybridized carbons (Fsp3) is 0.647. The van der Waals surface area contributed by atoms with Crippen LogP contribution in [0.25, 0.3) is 0 Å². The summed E-state index contributed by atoms with van der Waals surface area (Å²) in [6.07, 6.45) is 4.14. The molecule has 0 spiro atoms. The van der Waals surface area contributed by atoms with Crippen molar-refractivity contribution in [1.82, 2.24) is 9.80 Å². The average molecular weight is 325 g/mol. The van der Waals surface area contributed by atoms with Gasteiger partial charge in [0.15, 0.2) is 0 Å². The number of ether oxygens (including phenoxy) is 1. The second kappa shape index (κ2) is 7.64. The molecule has 122 valence electrons. The molecule has 0 saturated carbocycles. The van der Waals surface area contributed by atoms with Gasteiger partial charge >= 0.3 is 0 Å². The SMILES string of the molecule is Oc1ccc(CN2CCN(CCC3CCCO3)CC2)cc1Cl. The monoisotopic (exact) mass is 324 g/mol. The Morgan fingerprint density at radius 2 is 1.95 bits per heavy atom. The Balaban J connectivity index is 1.40. The van der Waals surface area contributed by atoms with Crippen molar-refractivity contribution in [2.24, 2.45) is 0 Å². The number of benzene rings is 1. The van der Waals surface area contributed by atoms with Gasteiger partial charge in [-0.2, -0.15) is 0 Å². The van der Waals surface area contributed by atoms with Crippen LogP contribution in [0.15, 0.2) is 18.2 Å². The summed E-state index contributed by atoms with van der Waals surface area (Å²) in [5.41, 5.74) is 1.16. The van der Waals surface area contributed by atoms with Gasteiger partial charge in [-0.1, -0.05) is 17.7 Å². The Hall–Kier alpha value is -0.810. The van der Waals surface area contributed by atoms with E-state index in [1.807, 2.05) is 12.1 Å². The minimum absolute atomic E-state index is 0.157. The van der Waals surface area contributed by atoms with Crippen LogP contribution in [-0.4, -0.2) is 60.3 Å². The molecular weight excluding hydrogens is 300 g/mol. The van der Waals surface area contributed by atoms with Crippen LogP contribution in [0.4, 0.5) is 0 Å². The fourth-order valence-electron chi connectivity index (χ4n) is 3.28. The zero-order chi connectivity index (χ0) is 15.4. The number of halogens is 1. The molecule has 2 saturated heterocycles. The van der Waals surface area contributed by atoms with Crippen molar-refractivity contribution < 1.29 is 9.84 Å². The summed E-state index contributed by atoms with van der Waals surface area (Å²) in [5, 5.41) is 9.91. The topological polar surface area (TPSA) is 35.9 Å². The highest BCUT2D eigenvalue weighted by molar-refractivity contribution is 6.32. The lowest BCUT2D eigenvalue weighted by Crippen LogP contribution is -2.46. The number of phenols is 1. The van der Waals surface area contributed by atoms with Crippen LogP contribution in [0.2, 0.25) is 5.02 Å². The van der Waals surface area contributed by atoms with E-state index in [4.69, 9.17) is 16.3 Å². The first kappa shape index (κ1) is 16.1. The summed E-state index contributed by atoms with van der Waals surface area (Å²) in [6.45, 7) is 7.43. The highest BCUT2D eigenvalue weighted by atomic mass is 35.5. The van der Waals surface area contributed by atoms with E-state index in [-0.39, 0.29) is 5.75 Å². The molecule has 2 heterocycles. The summed E-state index contributed by atoms with van der Waals surface area (Å²) < 4.78 is 5.69. The number of piperazine rings is 1. The molecule has 22 heavy (non-hydrogen) atoms. The van der Waals surface area contributed by atoms with Gasteiger partial charge in [-0.05, 0) is 37.0 Å². The number of phenolic OH excluding ortho intramolecular Hbond substituents is 1. The first-order chi connectivity index (χ1) is 10.7. The lowest BCUT2D eigenvalue weighted by molar-refractivity contribution is 0.0762. The fourth-order valence-corrected chi connectivity index (χ4v) is 3.48. The molecule has 1 atom stereocenters. The van der Waals surface area contributed by atoms with Crippen molar-refractivity contribution in [2.75, 3.05) is 39.3 Å². The highest BCUT2D eigenvalue weighted by Gasteiger charge is 2.20. The molecule has 2 fully saturated rings. The lowest BCUT2D eigenvalue weighted by atomic mass is 10.1. The smallest absolute Gasteiger partial charge is 0.134 e. The van der Waals surface area contributed by atoms with Crippen LogP contribution in [0.5, 0.6) is 5.75 Å². The maximum atomic E-state index is 9.47. The summed E-state index contributed by atoms with van der Waals surface area (Å²) >= 11 is 5.97. The molecule has 1 unspecified atom stereocenters. The van der Waals surface area contributed by atoms with E-state index in [0.717, 1.165) is 51.4 Å². The Bertz CT molecular complexity index is 484. The third kappa shape index (κ3) is 4.35. The van der Waals surface area contributed by atoms with E-state index in [2.05, 4.69) is 9.80 Å². The molecule has 1 aromatic carbocycles. The summed E-state index contributed by atoms with van der Waals surface area (Å²) in [5.74, 6) is 0.157. The number of aromatic hydroxyl groups is 1. The number of hydrogen-bond acceptors (Lipinski definition) is 4. The first-order valence-electron chi connectivity index (χ1n) is 8.24. The van der Waals surface area contributed by atoms with Crippen LogP contribution in [-0.2, 0) is 11.3 Å². The molecule has 4 nitrogen and oxygen atoms in total. The van der Waals surface area contributed by atoms with Crippen molar-refractivity contribution in [3.8, 4) is 5.75 Å². The van der Waals surface area contributed by atoms with E-state index in [1.54, 1.807) is 6.07 Å². The van der Waals surface area contributed by atoms with Crippen LogP contribution >= 0.6 is 11.6 Å². The van der Waals surface area contributed by atoms with Gasteiger partial charge < -0.3 is 14.7 Å². The van der Waals surface area contributed by atoms with Gasteiger partial charge in [-0.3, -0.25) is 4.90 Å². The van der Waals surface area contributed by atoms with Gasteiger partial charge in [-0.25, -0.2) is 0 Å². The Kier molecular flexibility index (Phi) is 5.58. The molecule has 2 aliphatic rings. The van der Waals surface area contributed by atoms with Gasteiger partial charge in [0.25, 0.3) is 0 Å². The maximum Gasteiger partial charge on any atom is 0.134 e. The molecule has 0 aliphatic carbocycles. The first-order valence-corrected chi connectivity index (χ1v) is 8.62. The second-order valence-electron chi connectivity index (χ2n) is 6.33. The Labute approximate surface area is 137 Å². The van der Waals surface area contributed by atoms with E-state index >= 15 is 0 Å². The van der Waals surface area contributed by atoms with Crippen molar-refractivity contribution >= 4 is 11.6 Å². The van der Waals surface area contributed by atoms with E-state index in [9.17, 15) is 5.11 Å². The highest BCUT2D eigenvalue weighted by Crippen LogP contribution is 2.24. The van der Waals surface area contributed by atoms with Crippen molar-refractivity contribution in [2.45, 2.75) is 31.9 Å². The summed E-state index contributed by atoms with van der Waals surface area (Å²) in [6, 6.07) is 5.49. The predicted molar refractivity (Wildman–Crippen MR) is 88.4 cm³/mol. The van der Waals surface area contributed by atoms with Gasteiger partial charge in [0.05, 0.1) is 11.1 Å². The standard InChI is InChI=1S/C17H25ClN2O2/c18-16-12-14(3-4-17(16)21)13-20-9-7-19(8-10-20)6-5-15-2-1-11-22-15/h3-4,12,15,21H,1-2,5-11,13H2. The van der Waals surface area contributed by atoms with E-state index < -0.39 is 0 Å². The largest absolute Gasteiger partial charge is 0.506 e. The molecular formula is C17H25ClN2O2. The van der Waals surface area contributed by atoms with Crippen LogP contribution in [0.3, 0.4) is 0 Å². The van der Waals surface area contributed by atoms with Crippen molar-refractivity contribution in [3.63, 3.8) is 0 Å². The molecule has 0 bridgehead atoms. The predicted octanol–water partition coefficient (Wildman–Crippen LogP) is 2.73. The van der Waals surface area contributed by atoms with E-state index in [0.29, 0.717) is 11.1 Å². The maximum absolute atomic E-state index is 9.47.